The van der Waals surface area contributed by atoms with Crippen LogP contribution in [0.1, 0.15) is 33.6 Å². The van der Waals surface area contributed by atoms with Gasteiger partial charge in [0.25, 0.3) is 11.8 Å². The normalized spacial score (nSPS) is 17.1. The first-order valence-corrected chi connectivity index (χ1v) is 9.13. The Kier molecular flexibility index (Phi) is 4.83. The van der Waals surface area contributed by atoms with Gasteiger partial charge in [-0.2, -0.15) is 0 Å². The zero-order chi connectivity index (χ0) is 20.4. The van der Waals surface area contributed by atoms with Gasteiger partial charge in [-0.3, -0.25) is 9.59 Å². The van der Waals surface area contributed by atoms with Crippen LogP contribution in [0.25, 0.3) is 0 Å². The van der Waals surface area contributed by atoms with Crippen LogP contribution in [0.5, 0.6) is 0 Å². The number of anilines is 1. The molecule has 2 unspecified atom stereocenters. The van der Waals surface area contributed by atoms with Crippen molar-refractivity contribution < 1.29 is 19.5 Å². The van der Waals surface area contributed by atoms with Crippen molar-refractivity contribution in [3.8, 4) is 0 Å². The van der Waals surface area contributed by atoms with Gasteiger partial charge >= 0.3 is 5.97 Å². The van der Waals surface area contributed by atoms with Crippen molar-refractivity contribution in [2.75, 3.05) is 5.32 Å². The quantitative estimate of drug-likeness (QED) is 0.717. The van der Waals surface area contributed by atoms with Crippen LogP contribution in [-0.2, 0) is 9.59 Å². The number of rotatable bonds is 4. The third-order valence-corrected chi connectivity index (χ3v) is 4.92. The molecule has 1 heterocycles. The molecule has 2 amide bonds. The second-order valence-corrected chi connectivity index (χ2v) is 6.71. The smallest absolute Gasteiger partial charge is 0.331 e. The molecule has 29 heavy (non-hydrogen) atoms. The summed E-state index contributed by atoms with van der Waals surface area (Å²) in [5, 5.41) is 12.8. The Morgan fingerprint density at radius 1 is 0.862 bits per heavy atom. The lowest BCUT2D eigenvalue weighted by atomic mass is 9.98. The molecule has 3 aromatic rings. The molecule has 4 rings (SSSR count). The summed E-state index contributed by atoms with van der Waals surface area (Å²) >= 11 is 0. The number of hydrogen-bond acceptors (Lipinski definition) is 3. The van der Waals surface area contributed by atoms with E-state index in [-0.39, 0.29) is 5.56 Å². The zero-order valence-electron chi connectivity index (χ0n) is 15.4. The fraction of sp³-hybridized carbons (Fsp3) is 0.0870. The van der Waals surface area contributed by atoms with Crippen molar-refractivity contribution in [2.24, 2.45) is 0 Å². The van der Waals surface area contributed by atoms with E-state index in [9.17, 15) is 19.5 Å². The SMILES string of the molecule is O=C(O)C(c1ccccc1)N1C(=O)c2ccccc2NC(=O)C1c1ccccc1. The van der Waals surface area contributed by atoms with E-state index in [0.717, 1.165) is 4.90 Å². The minimum Gasteiger partial charge on any atom is -0.479 e. The lowest BCUT2D eigenvalue weighted by Crippen LogP contribution is -2.44. The number of carboxylic acids is 1. The second kappa shape index (κ2) is 7.59. The third kappa shape index (κ3) is 3.36. The van der Waals surface area contributed by atoms with E-state index in [1.165, 1.54) is 0 Å². The molecular formula is C23H18N2O4. The van der Waals surface area contributed by atoms with E-state index >= 15 is 0 Å². The van der Waals surface area contributed by atoms with Gasteiger partial charge in [-0.05, 0) is 23.3 Å². The predicted octanol–water partition coefficient (Wildman–Crippen LogP) is 3.65. The molecule has 2 atom stereocenters. The Balaban J connectivity index is 1.95. The van der Waals surface area contributed by atoms with E-state index in [4.69, 9.17) is 0 Å². The first-order valence-electron chi connectivity index (χ1n) is 9.13. The Morgan fingerprint density at radius 3 is 2.10 bits per heavy atom. The summed E-state index contributed by atoms with van der Waals surface area (Å²) in [6.45, 7) is 0. The van der Waals surface area contributed by atoms with Gasteiger partial charge in [-0.15, -0.1) is 0 Å². The summed E-state index contributed by atoms with van der Waals surface area (Å²) in [7, 11) is 0. The van der Waals surface area contributed by atoms with Crippen LogP contribution < -0.4 is 5.32 Å². The fourth-order valence-corrected chi connectivity index (χ4v) is 3.63. The number of hydrogen-bond donors (Lipinski definition) is 2. The highest BCUT2D eigenvalue weighted by Gasteiger charge is 2.43. The number of nitrogens with one attached hydrogen (secondary N) is 1. The maximum Gasteiger partial charge on any atom is 0.331 e. The Hall–Kier alpha value is -3.93. The first kappa shape index (κ1) is 18.4. The average Bonchev–Trinajstić information content (AvgIpc) is 2.84. The van der Waals surface area contributed by atoms with Crippen molar-refractivity contribution >= 4 is 23.5 Å². The highest BCUT2D eigenvalue weighted by atomic mass is 16.4. The molecule has 3 aromatic carbocycles. The highest BCUT2D eigenvalue weighted by molar-refractivity contribution is 6.11. The van der Waals surface area contributed by atoms with Gasteiger partial charge in [0.15, 0.2) is 6.04 Å². The monoisotopic (exact) mass is 386 g/mol. The minimum absolute atomic E-state index is 0.251. The molecule has 6 nitrogen and oxygen atoms in total. The Morgan fingerprint density at radius 2 is 1.45 bits per heavy atom. The molecule has 0 saturated heterocycles. The molecule has 0 fully saturated rings. The number of para-hydroxylation sites is 1. The van der Waals surface area contributed by atoms with E-state index < -0.39 is 29.9 Å². The summed E-state index contributed by atoms with van der Waals surface area (Å²) in [6, 6.07) is 21.4. The molecule has 0 aliphatic carbocycles. The minimum atomic E-state index is -1.33. The maximum absolute atomic E-state index is 13.6. The third-order valence-electron chi connectivity index (χ3n) is 4.92. The van der Waals surface area contributed by atoms with Crippen LogP contribution in [0.3, 0.4) is 0 Å². The number of nitrogens with zero attached hydrogens (tertiary/aromatic N) is 1. The average molecular weight is 386 g/mol. The van der Waals surface area contributed by atoms with Crippen molar-refractivity contribution in [1.29, 1.82) is 0 Å². The number of amides is 2. The topological polar surface area (TPSA) is 86.7 Å². The number of carboxylic acid groups (broad SMARTS) is 1. The lowest BCUT2D eigenvalue weighted by Gasteiger charge is -2.34. The molecule has 6 heteroatoms. The molecule has 144 valence electrons. The molecule has 0 aromatic heterocycles. The molecule has 1 aliphatic rings. The van der Waals surface area contributed by atoms with Crippen molar-refractivity contribution in [2.45, 2.75) is 12.1 Å². The predicted molar refractivity (Wildman–Crippen MR) is 107 cm³/mol. The summed E-state index contributed by atoms with van der Waals surface area (Å²) < 4.78 is 0. The Labute approximate surface area is 167 Å². The number of fused-ring (bicyclic) bond motifs is 1. The van der Waals surface area contributed by atoms with Crippen LogP contribution in [-0.4, -0.2) is 27.8 Å². The number of benzene rings is 3. The summed E-state index contributed by atoms with van der Waals surface area (Å²) in [5.74, 6) is -2.20. The van der Waals surface area contributed by atoms with Crippen LogP contribution in [0.4, 0.5) is 5.69 Å². The molecular weight excluding hydrogens is 368 g/mol. The summed E-state index contributed by atoms with van der Waals surface area (Å²) in [4.78, 5) is 40.2. The van der Waals surface area contributed by atoms with Gasteiger partial charge < -0.3 is 15.3 Å². The van der Waals surface area contributed by atoms with E-state index in [1.807, 2.05) is 0 Å². The van der Waals surface area contributed by atoms with Crippen LogP contribution in [0, 0.1) is 0 Å². The molecule has 0 spiro atoms. The molecule has 0 saturated carbocycles. The van der Waals surface area contributed by atoms with Crippen molar-refractivity contribution in [3.63, 3.8) is 0 Å². The van der Waals surface area contributed by atoms with Gasteiger partial charge in [0, 0.05) is 0 Å². The van der Waals surface area contributed by atoms with Gasteiger partial charge in [0.05, 0.1) is 11.3 Å². The lowest BCUT2D eigenvalue weighted by molar-refractivity contribution is -0.144. The zero-order valence-corrected chi connectivity index (χ0v) is 15.4. The fourth-order valence-electron chi connectivity index (χ4n) is 3.63. The molecule has 2 N–H and O–H groups in total. The van der Waals surface area contributed by atoms with Gasteiger partial charge in [0.2, 0.25) is 0 Å². The standard InChI is InChI=1S/C23H18N2O4/c26-21-19(15-9-3-1-4-10-15)25(20(23(28)29)16-11-5-2-6-12-16)22(27)17-13-7-8-14-18(17)24-21/h1-14,19-20H,(H,24,26)(H,28,29). The number of carbonyl (C=O) groups is 3. The molecule has 1 aliphatic heterocycles. The van der Waals surface area contributed by atoms with Crippen molar-refractivity contribution in [1.82, 2.24) is 4.90 Å². The summed E-state index contributed by atoms with van der Waals surface area (Å²) in [6.07, 6.45) is 0. The summed E-state index contributed by atoms with van der Waals surface area (Å²) in [5.41, 5.74) is 1.57. The van der Waals surface area contributed by atoms with Gasteiger partial charge in [0.1, 0.15) is 6.04 Å². The van der Waals surface area contributed by atoms with Crippen LogP contribution in [0.2, 0.25) is 0 Å². The highest BCUT2D eigenvalue weighted by Crippen LogP contribution is 2.37. The molecule has 0 bridgehead atoms. The van der Waals surface area contributed by atoms with Crippen LogP contribution in [0.15, 0.2) is 84.9 Å². The second-order valence-electron chi connectivity index (χ2n) is 6.71. The van der Waals surface area contributed by atoms with E-state index in [0.29, 0.717) is 16.8 Å². The van der Waals surface area contributed by atoms with E-state index in [1.54, 1.807) is 84.9 Å². The van der Waals surface area contributed by atoms with Crippen molar-refractivity contribution in [3.05, 3.63) is 102 Å². The van der Waals surface area contributed by atoms with Gasteiger partial charge in [-0.25, -0.2) is 4.79 Å². The van der Waals surface area contributed by atoms with E-state index in [2.05, 4.69) is 5.32 Å². The maximum atomic E-state index is 13.6. The van der Waals surface area contributed by atoms with Gasteiger partial charge in [-0.1, -0.05) is 72.8 Å². The number of carbonyl (C=O) groups excluding carboxylic acids is 2. The first-order chi connectivity index (χ1) is 14.1. The largest absolute Gasteiger partial charge is 0.479 e. The van der Waals surface area contributed by atoms with Crippen LogP contribution >= 0.6 is 0 Å². The number of aliphatic carboxylic acids is 1. The molecule has 0 radical (unpaired) electrons. The Bertz CT molecular complexity index is 1070.